The van der Waals surface area contributed by atoms with Crippen LogP contribution in [0, 0.1) is 0 Å². The van der Waals surface area contributed by atoms with Crippen LogP contribution < -0.4 is 10.1 Å². The van der Waals surface area contributed by atoms with E-state index in [-0.39, 0.29) is 0 Å². The zero-order valence-corrected chi connectivity index (χ0v) is 11.8. The van der Waals surface area contributed by atoms with E-state index in [9.17, 15) is 0 Å². The molecule has 0 radical (unpaired) electrons. The summed E-state index contributed by atoms with van der Waals surface area (Å²) in [7, 11) is 1.65. The molecule has 0 saturated carbocycles. The second kappa shape index (κ2) is 4.90. The molecule has 0 fully saturated rings. The summed E-state index contributed by atoms with van der Waals surface area (Å²) in [5.41, 5.74) is 5.26. The highest BCUT2D eigenvalue weighted by atomic mass is 16.5. The molecule has 1 aliphatic heterocycles. The second-order valence-corrected chi connectivity index (χ2v) is 5.24. The first-order valence-electron chi connectivity index (χ1n) is 7.11. The maximum atomic E-state index is 5.88. The van der Waals surface area contributed by atoms with Gasteiger partial charge in [0.15, 0.2) is 11.1 Å². The number of para-hydroxylation sites is 1. The second-order valence-electron chi connectivity index (χ2n) is 5.24. The number of nitrogens with zero attached hydrogens (tertiary/aromatic N) is 1. The number of aromatic nitrogens is 1. The van der Waals surface area contributed by atoms with E-state index in [2.05, 4.69) is 28.5 Å². The summed E-state index contributed by atoms with van der Waals surface area (Å²) in [5.74, 6) is 1.38. The molecule has 21 heavy (non-hydrogen) atoms. The fraction of sp³-hybridized carbons (Fsp3) is 0.235. The van der Waals surface area contributed by atoms with Gasteiger partial charge in [0, 0.05) is 12.1 Å². The van der Waals surface area contributed by atoms with Crippen molar-refractivity contribution in [3.63, 3.8) is 0 Å². The van der Waals surface area contributed by atoms with Crippen molar-refractivity contribution in [3.8, 4) is 17.2 Å². The number of ether oxygens (including phenoxy) is 1. The van der Waals surface area contributed by atoms with Crippen LogP contribution in [0.4, 0.5) is 0 Å². The molecule has 1 N–H and O–H groups in total. The molecule has 0 saturated heterocycles. The Morgan fingerprint density at radius 2 is 2.14 bits per heavy atom. The molecule has 0 atom stereocenters. The smallest absolute Gasteiger partial charge is 0.227 e. The maximum Gasteiger partial charge on any atom is 0.227 e. The van der Waals surface area contributed by atoms with Gasteiger partial charge >= 0.3 is 0 Å². The zero-order valence-electron chi connectivity index (χ0n) is 11.8. The lowest BCUT2D eigenvalue weighted by Gasteiger charge is -2.17. The number of methoxy groups -OCH3 is 1. The molecule has 4 rings (SSSR count). The van der Waals surface area contributed by atoms with Crippen molar-refractivity contribution >= 4 is 11.1 Å². The molecule has 1 aliphatic rings. The van der Waals surface area contributed by atoms with Gasteiger partial charge in [0.05, 0.1) is 7.11 Å². The number of nitrogens with one attached hydrogen (secondary N) is 1. The van der Waals surface area contributed by atoms with Crippen LogP contribution in [-0.2, 0) is 13.0 Å². The van der Waals surface area contributed by atoms with Crippen molar-refractivity contribution in [2.45, 2.75) is 13.0 Å². The van der Waals surface area contributed by atoms with Crippen molar-refractivity contribution in [2.24, 2.45) is 0 Å². The predicted molar refractivity (Wildman–Crippen MR) is 81.4 cm³/mol. The van der Waals surface area contributed by atoms with E-state index in [1.165, 1.54) is 11.1 Å². The summed E-state index contributed by atoms with van der Waals surface area (Å²) in [6.07, 6.45) is 1.08. The maximum absolute atomic E-state index is 5.88. The van der Waals surface area contributed by atoms with Gasteiger partial charge in [0.25, 0.3) is 0 Å². The first-order valence-corrected chi connectivity index (χ1v) is 7.11. The molecular weight excluding hydrogens is 264 g/mol. The van der Waals surface area contributed by atoms with Crippen molar-refractivity contribution in [1.29, 1.82) is 0 Å². The lowest BCUT2D eigenvalue weighted by molar-refractivity contribution is 0.419. The molecule has 2 heterocycles. The van der Waals surface area contributed by atoms with Crippen LogP contribution in [0.3, 0.4) is 0 Å². The van der Waals surface area contributed by atoms with Crippen molar-refractivity contribution in [1.82, 2.24) is 10.3 Å². The number of hydrogen-bond acceptors (Lipinski definition) is 4. The lowest BCUT2D eigenvalue weighted by atomic mass is 9.98. The standard InChI is InChI=1S/C17H16N2O2/c1-20-14-3-2-4-15-16(14)19-17(21-15)12-6-5-11-7-8-18-10-13(11)9-12/h2-6,9,18H,7-8,10H2,1H3. The Bertz CT molecular complexity index is 808. The highest BCUT2D eigenvalue weighted by Gasteiger charge is 2.14. The van der Waals surface area contributed by atoms with Crippen LogP contribution in [0.15, 0.2) is 40.8 Å². The molecule has 2 aromatic carbocycles. The summed E-state index contributed by atoms with van der Waals surface area (Å²) >= 11 is 0. The van der Waals surface area contributed by atoms with Crippen molar-refractivity contribution < 1.29 is 9.15 Å². The molecule has 4 nitrogen and oxygen atoms in total. The van der Waals surface area contributed by atoms with Gasteiger partial charge in [-0.2, -0.15) is 0 Å². The minimum atomic E-state index is 0.642. The first-order chi connectivity index (χ1) is 10.3. The van der Waals surface area contributed by atoms with Crippen LogP contribution in [-0.4, -0.2) is 18.6 Å². The molecule has 1 aromatic heterocycles. The largest absolute Gasteiger partial charge is 0.494 e. The van der Waals surface area contributed by atoms with Gasteiger partial charge in [-0.05, 0) is 48.4 Å². The average Bonchev–Trinajstić information content (AvgIpc) is 2.98. The molecule has 0 spiro atoms. The van der Waals surface area contributed by atoms with Gasteiger partial charge < -0.3 is 14.5 Å². The average molecular weight is 280 g/mol. The number of fused-ring (bicyclic) bond motifs is 2. The van der Waals surface area contributed by atoms with Gasteiger partial charge in [-0.3, -0.25) is 0 Å². The monoisotopic (exact) mass is 280 g/mol. The summed E-state index contributed by atoms with van der Waals surface area (Å²) in [6.45, 7) is 1.96. The summed E-state index contributed by atoms with van der Waals surface area (Å²) < 4.78 is 11.2. The number of rotatable bonds is 2. The molecule has 106 valence electrons. The Labute approximate surface area is 122 Å². The van der Waals surface area contributed by atoms with Gasteiger partial charge in [0.2, 0.25) is 5.89 Å². The Morgan fingerprint density at radius 3 is 3.05 bits per heavy atom. The van der Waals surface area contributed by atoms with Crippen molar-refractivity contribution in [3.05, 3.63) is 47.5 Å². The van der Waals surface area contributed by atoms with Crippen LogP contribution in [0.5, 0.6) is 5.75 Å². The van der Waals surface area contributed by atoms with Crippen LogP contribution in [0.1, 0.15) is 11.1 Å². The molecule has 0 unspecified atom stereocenters. The minimum absolute atomic E-state index is 0.642. The Balaban J connectivity index is 1.83. The van der Waals surface area contributed by atoms with E-state index in [0.717, 1.165) is 41.9 Å². The minimum Gasteiger partial charge on any atom is -0.494 e. The topological polar surface area (TPSA) is 47.3 Å². The third kappa shape index (κ3) is 2.08. The Kier molecular flexibility index (Phi) is 2.89. The van der Waals surface area contributed by atoms with Gasteiger partial charge in [0.1, 0.15) is 5.75 Å². The van der Waals surface area contributed by atoms with Crippen LogP contribution >= 0.6 is 0 Å². The molecule has 0 amide bonds. The van der Waals surface area contributed by atoms with Crippen LogP contribution in [0.2, 0.25) is 0 Å². The van der Waals surface area contributed by atoms with E-state index in [0.29, 0.717) is 5.89 Å². The van der Waals surface area contributed by atoms with Gasteiger partial charge in [-0.15, -0.1) is 0 Å². The number of hydrogen-bond donors (Lipinski definition) is 1. The number of oxazole rings is 1. The Morgan fingerprint density at radius 1 is 1.19 bits per heavy atom. The van der Waals surface area contributed by atoms with E-state index < -0.39 is 0 Å². The zero-order chi connectivity index (χ0) is 14.2. The summed E-state index contributed by atoms with van der Waals surface area (Å²) in [4.78, 5) is 4.59. The number of benzene rings is 2. The Hall–Kier alpha value is -2.33. The normalized spacial score (nSPS) is 14.1. The molecule has 4 heteroatoms. The quantitative estimate of drug-likeness (QED) is 0.783. The highest BCUT2D eigenvalue weighted by molar-refractivity contribution is 5.82. The summed E-state index contributed by atoms with van der Waals surface area (Å²) in [5, 5.41) is 3.39. The van der Waals surface area contributed by atoms with Crippen molar-refractivity contribution in [2.75, 3.05) is 13.7 Å². The van der Waals surface area contributed by atoms with E-state index >= 15 is 0 Å². The van der Waals surface area contributed by atoms with Gasteiger partial charge in [-0.1, -0.05) is 12.1 Å². The van der Waals surface area contributed by atoms with E-state index in [1.807, 2.05) is 18.2 Å². The molecule has 0 aliphatic carbocycles. The SMILES string of the molecule is COc1cccc2oc(-c3ccc4c(c3)CNCC4)nc12. The fourth-order valence-corrected chi connectivity index (χ4v) is 2.82. The molecule has 0 bridgehead atoms. The fourth-order valence-electron chi connectivity index (χ4n) is 2.82. The third-order valence-corrected chi connectivity index (χ3v) is 3.94. The van der Waals surface area contributed by atoms with Gasteiger partial charge in [-0.25, -0.2) is 4.98 Å². The first kappa shape index (κ1) is 12.4. The van der Waals surface area contributed by atoms with E-state index in [1.54, 1.807) is 7.11 Å². The third-order valence-electron chi connectivity index (χ3n) is 3.94. The van der Waals surface area contributed by atoms with E-state index in [4.69, 9.17) is 9.15 Å². The highest BCUT2D eigenvalue weighted by Crippen LogP contribution is 2.31. The summed E-state index contributed by atoms with van der Waals surface area (Å²) in [6, 6.07) is 12.1. The molecular formula is C17H16N2O2. The lowest BCUT2D eigenvalue weighted by Crippen LogP contribution is -2.23. The van der Waals surface area contributed by atoms with Crippen LogP contribution in [0.25, 0.3) is 22.6 Å². The molecule has 3 aromatic rings. The predicted octanol–water partition coefficient (Wildman–Crippen LogP) is 3.15.